The van der Waals surface area contributed by atoms with E-state index in [0.717, 1.165) is 35.8 Å². The summed E-state index contributed by atoms with van der Waals surface area (Å²) in [5, 5.41) is 13.0. The van der Waals surface area contributed by atoms with Crippen LogP contribution in [-0.4, -0.2) is 5.54 Å². The largest absolute Gasteiger partial charge is 0.366 e. The number of anilines is 1. The van der Waals surface area contributed by atoms with Gasteiger partial charge in [-0.15, -0.1) is 0 Å². The zero-order chi connectivity index (χ0) is 12.3. The van der Waals surface area contributed by atoms with Crippen molar-refractivity contribution in [3.05, 3.63) is 28.7 Å². The summed E-state index contributed by atoms with van der Waals surface area (Å²) >= 11 is 3.53. The second-order valence-electron chi connectivity index (χ2n) is 4.69. The SMILES string of the molecule is CCC1CCCC1(C#N)Nc1ccccc1Br. The first-order chi connectivity index (χ1) is 8.22. The van der Waals surface area contributed by atoms with Gasteiger partial charge >= 0.3 is 0 Å². The fraction of sp³-hybridized carbons (Fsp3) is 0.500. The lowest BCUT2D eigenvalue weighted by atomic mass is 9.86. The predicted molar refractivity (Wildman–Crippen MR) is 73.7 cm³/mol. The van der Waals surface area contributed by atoms with Gasteiger partial charge < -0.3 is 5.32 Å². The van der Waals surface area contributed by atoms with Crippen molar-refractivity contribution in [3.8, 4) is 6.07 Å². The highest BCUT2D eigenvalue weighted by Gasteiger charge is 2.42. The number of nitrogens with one attached hydrogen (secondary N) is 1. The molecule has 0 radical (unpaired) electrons. The molecule has 2 unspecified atom stereocenters. The van der Waals surface area contributed by atoms with E-state index in [1.54, 1.807) is 0 Å². The van der Waals surface area contributed by atoms with E-state index in [9.17, 15) is 5.26 Å². The van der Waals surface area contributed by atoms with Gasteiger partial charge in [0.25, 0.3) is 0 Å². The molecule has 0 saturated heterocycles. The molecule has 1 fully saturated rings. The molecular formula is C14H17BrN2. The molecule has 3 heteroatoms. The van der Waals surface area contributed by atoms with Crippen molar-refractivity contribution >= 4 is 21.6 Å². The summed E-state index contributed by atoms with van der Waals surface area (Å²) in [6.07, 6.45) is 4.30. The number of benzene rings is 1. The predicted octanol–water partition coefficient (Wildman–Crippen LogP) is 4.33. The first-order valence-electron chi connectivity index (χ1n) is 6.16. The van der Waals surface area contributed by atoms with Gasteiger partial charge in [-0.2, -0.15) is 5.26 Å². The Labute approximate surface area is 111 Å². The number of hydrogen-bond acceptors (Lipinski definition) is 2. The maximum Gasteiger partial charge on any atom is 0.128 e. The van der Waals surface area contributed by atoms with Crippen molar-refractivity contribution in [2.24, 2.45) is 5.92 Å². The smallest absolute Gasteiger partial charge is 0.128 e. The summed E-state index contributed by atoms with van der Waals surface area (Å²) in [7, 11) is 0. The van der Waals surface area contributed by atoms with E-state index in [0.29, 0.717) is 5.92 Å². The maximum absolute atomic E-state index is 9.54. The molecule has 0 amide bonds. The van der Waals surface area contributed by atoms with Crippen LogP contribution in [0.4, 0.5) is 5.69 Å². The van der Waals surface area contributed by atoms with E-state index in [4.69, 9.17) is 0 Å². The van der Waals surface area contributed by atoms with Crippen molar-refractivity contribution in [2.45, 2.75) is 38.1 Å². The molecule has 0 spiro atoms. The topological polar surface area (TPSA) is 35.8 Å². The summed E-state index contributed by atoms with van der Waals surface area (Å²) in [5.41, 5.74) is 0.646. The third-order valence-corrected chi connectivity index (χ3v) is 4.44. The van der Waals surface area contributed by atoms with Gasteiger partial charge in [0.2, 0.25) is 0 Å². The van der Waals surface area contributed by atoms with Crippen LogP contribution in [0.2, 0.25) is 0 Å². The molecule has 17 heavy (non-hydrogen) atoms. The van der Waals surface area contributed by atoms with Gasteiger partial charge in [0.15, 0.2) is 0 Å². The summed E-state index contributed by atoms with van der Waals surface area (Å²) < 4.78 is 1.02. The normalized spacial score (nSPS) is 27.7. The zero-order valence-electron chi connectivity index (χ0n) is 10.0. The van der Waals surface area contributed by atoms with E-state index in [2.05, 4.69) is 34.2 Å². The van der Waals surface area contributed by atoms with Gasteiger partial charge in [0.05, 0.1) is 6.07 Å². The minimum atomic E-state index is -0.376. The van der Waals surface area contributed by atoms with Crippen LogP contribution >= 0.6 is 15.9 Å². The Kier molecular flexibility index (Phi) is 3.73. The number of halogens is 1. The highest BCUT2D eigenvalue weighted by Crippen LogP contribution is 2.41. The summed E-state index contributed by atoms with van der Waals surface area (Å²) in [6.45, 7) is 2.17. The van der Waals surface area contributed by atoms with Crippen molar-refractivity contribution in [2.75, 3.05) is 5.32 Å². The molecular weight excluding hydrogens is 276 g/mol. The van der Waals surface area contributed by atoms with Crippen molar-refractivity contribution in [1.82, 2.24) is 0 Å². The quantitative estimate of drug-likeness (QED) is 0.900. The standard InChI is InChI=1S/C14H17BrN2/c1-2-11-6-5-9-14(11,10-16)17-13-8-4-3-7-12(13)15/h3-4,7-8,11,17H,2,5-6,9H2,1H3. The number of rotatable bonds is 3. The van der Waals surface area contributed by atoms with E-state index in [1.807, 2.05) is 24.3 Å². The molecule has 90 valence electrons. The van der Waals surface area contributed by atoms with Gasteiger partial charge in [0, 0.05) is 10.2 Å². The fourth-order valence-corrected chi connectivity index (χ4v) is 3.16. The van der Waals surface area contributed by atoms with Crippen LogP contribution in [0.1, 0.15) is 32.6 Å². The Morgan fingerprint density at radius 3 is 2.94 bits per heavy atom. The third-order valence-electron chi connectivity index (χ3n) is 3.74. The second-order valence-corrected chi connectivity index (χ2v) is 5.54. The summed E-state index contributed by atoms with van der Waals surface area (Å²) in [4.78, 5) is 0. The number of nitrogens with zero attached hydrogens (tertiary/aromatic N) is 1. The number of nitriles is 1. The number of hydrogen-bond donors (Lipinski definition) is 1. The van der Waals surface area contributed by atoms with Crippen molar-refractivity contribution < 1.29 is 0 Å². The zero-order valence-corrected chi connectivity index (χ0v) is 11.6. The molecule has 1 aliphatic rings. The first-order valence-corrected chi connectivity index (χ1v) is 6.95. The van der Waals surface area contributed by atoms with E-state index < -0.39 is 0 Å². The molecule has 2 atom stereocenters. The van der Waals surface area contributed by atoms with Crippen molar-refractivity contribution in [1.29, 1.82) is 5.26 Å². The molecule has 0 aliphatic heterocycles. The van der Waals surface area contributed by atoms with Crippen LogP contribution < -0.4 is 5.32 Å². The number of para-hydroxylation sites is 1. The van der Waals surface area contributed by atoms with Crippen molar-refractivity contribution in [3.63, 3.8) is 0 Å². The molecule has 1 saturated carbocycles. The molecule has 2 nitrogen and oxygen atoms in total. The molecule has 1 aromatic rings. The Balaban J connectivity index is 2.27. The van der Waals surface area contributed by atoms with Gasteiger partial charge in [-0.3, -0.25) is 0 Å². The van der Waals surface area contributed by atoms with Crippen LogP contribution in [0, 0.1) is 17.2 Å². The average molecular weight is 293 g/mol. The molecule has 0 aromatic heterocycles. The molecule has 0 heterocycles. The average Bonchev–Trinajstić information content (AvgIpc) is 2.75. The van der Waals surface area contributed by atoms with Crippen LogP contribution in [0.25, 0.3) is 0 Å². The van der Waals surface area contributed by atoms with Crippen LogP contribution in [0.5, 0.6) is 0 Å². The van der Waals surface area contributed by atoms with Crippen LogP contribution in [0.15, 0.2) is 28.7 Å². The Morgan fingerprint density at radius 2 is 2.29 bits per heavy atom. The summed E-state index contributed by atoms with van der Waals surface area (Å²) in [6, 6.07) is 10.5. The van der Waals surface area contributed by atoms with Gasteiger partial charge in [-0.25, -0.2) is 0 Å². The Hall–Kier alpha value is -1.01. The van der Waals surface area contributed by atoms with Crippen LogP contribution in [0.3, 0.4) is 0 Å². The van der Waals surface area contributed by atoms with Gasteiger partial charge in [-0.05, 0) is 53.2 Å². The second kappa shape index (κ2) is 5.10. The molecule has 2 rings (SSSR count). The molecule has 1 aromatic carbocycles. The lowest BCUT2D eigenvalue weighted by Gasteiger charge is -2.30. The van der Waals surface area contributed by atoms with E-state index in [-0.39, 0.29) is 5.54 Å². The lowest BCUT2D eigenvalue weighted by Crippen LogP contribution is -2.40. The minimum absolute atomic E-state index is 0.376. The highest BCUT2D eigenvalue weighted by molar-refractivity contribution is 9.10. The fourth-order valence-electron chi connectivity index (χ4n) is 2.77. The van der Waals surface area contributed by atoms with Gasteiger partial charge in [-0.1, -0.05) is 25.5 Å². The third kappa shape index (κ3) is 2.32. The Bertz CT molecular complexity index is 438. The maximum atomic E-state index is 9.54. The molecule has 1 N–H and O–H groups in total. The van der Waals surface area contributed by atoms with Gasteiger partial charge in [0.1, 0.15) is 5.54 Å². The van der Waals surface area contributed by atoms with Crippen LogP contribution in [-0.2, 0) is 0 Å². The Morgan fingerprint density at radius 1 is 1.53 bits per heavy atom. The highest BCUT2D eigenvalue weighted by atomic mass is 79.9. The lowest BCUT2D eigenvalue weighted by molar-refractivity contribution is 0.414. The first kappa shape index (κ1) is 12.4. The van der Waals surface area contributed by atoms with E-state index in [1.165, 1.54) is 0 Å². The molecule has 1 aliphatic carbocycles. The molecule has 0 bridgehead atoms. The monoisotopic (exact) mass is 292 g/mol. The summed E-state index contributed by atoms with van der Waals surface area (Å²) in [5.74, 6) is 0.458. The minimum Gasteiger partial charge on any atom is -0.366 e. The van der Waals surface area contributed by atoms with E-state index >= 15 is 0 Å².